The Morgan fingerprint density at radius 3 is 2.35 bits per heavy atom. The number of carboxylic acids is 1. The zero-order valence-corrected chi connectivity index (χ0v) is 14.1. The first-order chi connectivity index (χ1) is 10.9. The highest BCUT2D eigenvalue weighted by molar-refractivity contribution is 7.89. The molecule has 0 unspecified atom stereocenters. The Morgan fingerprint density at radius 1 is 1.22 bits per heavy atom. The highest BCUT2D eigenvalue weighted by atomic mass is 32.2. The third-order valence-corrected chi connectivity index (χ3v) is 5.86. The summed E-state index contributed by atoms with van der Waals surface area (Å²) in [7, 11) is -2.14. The van der Waals surface area contributed by atoms with Gasteiger partial charge in [-0.15, -0.1) is 0 Å². The lowest BCUT2D eigenvalue weighted by Crippen LogP contribution is -2.40. The molecule has 1 saturated carbocycles. The first kappa shape index (κ1) is 17.7. The van der Waals surface area contributed by atoms with Crippen molar-refractivity contribution in [3.05, 3.63) is 24.3 Å². The largest absolute Gasteiger partial charge is 0.497 e. The number of aliphatic carboxylic acids is 1. The summed E-state index contributed by atoms with van der Waals surface area (Å²) in [6.07, 6.45) is 4.44. The molecule has 7 heteroatoms. The number of carbonyl (C=O) groups is 1. The molecule has 23 heavy (non-hydrogen) atoms. The summed E-state index contributed by atoms with van der Waals surface area (Å²) in [6.45, 7) is 0.160. The van der Waals surface area contributed by atoms with E-state index in [2.05, 4.69) is 4.72 Å². The minimum atomic E-state index is -3.66. The van der Waals surface area contributed by atoms with Crippen LogP contribution in [0.4, 0.5) is 0 Å². The SMILES string of the molecule is COc1ccc(S(=O)(=O)NCC2(CC(=O)O)CCCCC2)cc1. The van der Waals surface area contributed by atoms with Crippen LogP contribution in [-0.2, 0) is 14.8 Å². The number of ether oxygens (including phenoxy) is 1. The molecule has 0 amide bonds. The predicted octanol–water partition coefficient (Wildman–Crippen LogP) is 2.40. The van der Waals surface area contributed by atoms with Crippen molar-refractivity contribution >= 4 is 16.0 Å². The van der Waals surface area contributed by atoms with Crippen molar-refractivity contribution in [3.63, 3.8) is 0 Å². The summed E-state index contributed by atoms with van der Waals surface area (Å²) in [5.41, 5.74) is -0.483. The van der Waals surface area contributed by atoms with E-state index < -0.39 is 21.4 Å². The normalized spacial score (nSPS) is 17.6. The third-order valence-electron chi connectivity index (χ3n) is 4.45. The van der Waals surface area contributed by atoms with Crippen LogP contribution in [0, 0.1) is 5.41 Å². The summed E-state index contributed by atoms with van der Waals surface area (Å²) in [5.74, 6) is -0.297. The Balaban J connectivity index is 2.10. The van der Waals surface area contributed by atoms with Gasteiger partial charge in [0.05, 0.1) is 18.4 Å². The Morgan fingerprint density at radius 2 is 1.83 bits per heavy atom. The molecule has 2 rings (SSSR count). The van der Waals surface area contributed by atoms with Gasteiger partial charge in [-0.2, -0.15) is 0 Å². The van der Waals surface area contributed by atoms with Crippen LogP contribution < -0.4 is 9.46 Å². The van der Waals surface area contributed by atoms with Gasteiger partial charge < -0.3 is 9.84 Å². The average Bonchev–Trinajstić information content (AvgIpc) is 2.53. The molecular formula is C16H23NO5S. The second kappa shape index (κ2) is 7.31. The number of hydrogen-bond acceptors (Lipinski definition) is 4. The molecule has 0 bridgehead atoms. The molecule has 128 valence electrons. The molecular weight excluding hydrogens is 318 g/mol. The lowest BCUT2D eigenvalue weighted by Gasteiger charge is -2.36. The van der Waals surface area contributed by atoms with Crippen molar-refractivity contribution in [2.75, 3.05) is 13.7 Å². The maximum Gasteiger partial charge on any atom is 0.303 e. The predicted molar refractivity (Wildman–Crippen MR) is 86.0 cm³/mol. The van der Waals surface area contributed by atoms with E-state index in [1.54, 1.807) is 12.1 Å². The van der Waals surface area contributed by atoms with E-state index in [1.807, 2.05) is 0 Å². The molecule has 6 nitrogen and oxygen atoms in total. The number of benzene rings is 1. The molecule has 0 spiro atoms. The molecule has 0 saturated heterocycles. The number of nitrogens with one attached hydrogen (secondary N) is 1. The van der Waals surface area contributed by atoms with Gasteiger partial charge in [0, 0.05) is 6.54 Å². The quantitative estimate of drug-likeness (QED) is 0.794. The van der Waals surface area contributed by atoms with E-state index in [4.69, 9.17) is 9.84 Å². The molecule has 0 aromatic heterocycles. The van der Waals surface area contributed by atoms with Crippen LogP contribution in [-0.4, -0.2) is 33.1 Å². The van der Waals surface area contributed by atoms with Crippen molar-refractivity contribution in [1.29, 1.82) is 0 Å². The van der Waals surface area contributed by atoms with E-state index in [0.717, 1.165) is 32.1 Å². The lowest BCUT2D eigenvalue weighted by atomic mass is 9.72. The molecule has 1 aliphatic carbocycles. The van der Waals surface area contributed by atoms with E-state index in [-0.39, 0.29) is 17.9 Å². The summed E-state index contributed by atoms with van der Waals surface area (Å²) in [6, 6.07) is 6.13. The molecule has 1 aromatic carbocycles. The van der Waals surface area contributed by atoms with E-state index in [0.29, 0.717) is 5.75 Å². The van der Waals surface area contributed by atoms with Crippen molar-refractivity contribution in [1.82, 2.24) is 4.72 Å². The zero-order chi connectivity index (χ0) is 16.9. The second-order valence-corrected chi connectivity index (χ2v) is 7.90. The van der Waals surface area contributed by atoms with E-state index >= 15 is 0 Å². The van der Waals surface area contributed by atoms with Crippen molar-refractivity contribution in [2.24, 2.45) is 5.41 Å². The minimum Gasteiger partial charge on any atom is -0.497 e. The number of rotatable bonds is 7. The zero-order valence-electron chi connectivity index (χ0n) is 13.2. The van der Waals surface area contributed by atoms with Crippen LogP contribution in [0.1, 0.15) is 38.5 Å². The van der Waals surface area contributed by atoms with Gasteiger partial charge in [-0.3, -0.25) is 4.79 Å². The molecule has 0 atom stereocenters. The molecule has 0 aliphatic heterocycles. The highest BCUT2D eigenvalue weighted by Crippen LogP contribution is 2.39. The Kier molecular flexibility index (Phi) is 5.64. The van der Waals surface area contributed by atoms with Gasteiger partial charge in [0.15, 0.2) is 0 Å². The maximum absolute atomic E-state index is 12.4. The van der Waals surface area contributed by atoms with Gasteiger partial charge >= 0.3 is 5.97 Å². The fraction of sp³-hybridized carbons (Fsp3) is 0.562. The van der Waals surface area contributed by atoms with Gasteiger partial charge in [-0.25, -0.2) is 13.1 Å². The average molecular weight is 341 g/mol. The molecule has 1 aromatic rings. The van der Waals surface area contributed by atoms with Crippen molar-refractivity contribution < 1.29 is 23.1 Å². The number of carboxylic acid groups (broad SMARTS) is 1. The Hall–Kier alpha value is -1.60. The van der Waals surface area contributed by atoms with Crippen molar-refractivity contribution in [3.8, 4) is 5.75 Å². The van der Waals surface area contributed by atoms with Gasteiger partial charge in [0.25, 0.3) is 0 Å². The van der Waals surface area contributed by atoms with Crippen LogP contribution in [0.5, 0.6) is 5.75 Å². The first-order valence-corrected chi connectivity index (χ1v) is 9.21. The summed E-state index contributed by atoms with van der Waals surface area (Å²) >= 11 is 0. The van der Waals surface area contributed by atoms with Crippen LogP contribution in [0.15, 0.2) is 29.2 Å². The standard InChI is InChI=1S/C16H23NO5S/c1-22-13-5-7-14(8-6-13)23(20,21)17-12-16(11-15(18)19)9-3-2-4-10-16/h5-8,17H,2-4,9-12H2,1H3,(H,18,19). The van der Waals surface area contributed by atoms with Gasteiger partial charge in [0.1, 0.15) is 5.75 Å². The summed E-state index contributed by atoms with van der Waals surface area (Å²) < 4.78 is 32.4. The van der Waals surface area contributed by atoms with Gasteiger partial charge in [-0.05, 0) is 42.5 Å². The van der Waals surface area contributed by atoms with Gasteiger partial charge in [-0.1, -0.05) is 19.3 Å². The summed E-state index contributed by atoms with van der Waals surface area (Å²) in [4.78, 5) is 11.3. The topological polar surface area (TPSA) is 92.7 Å². The third kappa shape index (κ3) is 4.68. The highest BCUT2D eigenvalue weighted by Gasteiger charge is 2.35. The van der Waals surface area contributed by atoms with Crippen LogP contribution in [0.2, 0.25) is 0 Å². The number of methoxy groups -OCH3 is 1. The Bertz CT molecular complexity index is 633. The lowest BCUT2D eigenvalue weighted by molar-refractivity contribution is -0.140. The maximum atomic E-state index is 12.4. The van der Waals surface area contributed by atoms with Crippen LogP contribution in [0.3, 0.4) is 0 Å². The monoisotopic (exact) mass is 341 g/mol. The van der Waals surface area contributed by atoms with Crippen LogP contribution in [0.25, 0.3) is 0 Å². The number of sulfonamides is 1. The molecule has 2 N–H and O–H groups in total. The van der Waals surface area contributed by atoms with E-state index in [9.17, 15) is 13.2 Å². The summed E-state index contributed by atoms with van der Waals surface area (Å²) in [5, 5.41) is 9.14. The molecule has 0 heterocycles. The van der Waals surface area contributed by atoms with Gasteiger partial charge in [0.2, 0.25) is 10.0 Å². The fourth-order valence-corrected chi connectivity index (χ4v) is 4.28. The minimum absolute atomic E-state index is 0.00185. The molecule has 1 aliphatic rings. The fourth-order valence-electron chi connectivity index (χ4n) is 3.12. The molecule has 1 fully saturated rings. The van der Waals surface area contributed by atoms with Crippen molar-refractivity contribution in [2.45, 2.75) is 43.4 Å². The number of hydrogen-bond donors (Lipinski definition) is 2. The first-order valence-electron chi connectivity index (χ1n) is 7.72. The Labute approximate surface area is 136 Å². The van der Waals surface area contributed by atoms with Crippen LogP contribution >= 0.6 is 0 Å². The van der Waals surface area contributed by atoms with E-state index in [1.165, 1.54) is 19.2 Å². The smallest absolute Gasteiger partial charge is 0.303 e. The molecule has 0 radical (unpaired) electrons. The second-order valence-electron chi connectivity index (χ2n) is 6.13.